The molecule has 0 aliphatic rings. The van der Waals surface area contributed by atoms with Crippen molar-refractivity contribution in [2.45, 2.75) is 12.8 Å². The summed E-state index contributed by atoms with van der Waals surface area (Å²) in [6, 6.07) is 0. The molecule has 0 spiro atoms. The predicted octanol–water partition coefficient (Wildman–Crippen LogP) is 0.219. The summed E-state index contributed by atoms with van der Waals surface area (Å²) >= 11 is 0. The van der Waals surface area contributed by atoms with Gasteiger partial charge in [-0.2, -0.15) is 0 Å². The summed E-state index contributed by atoms with van der Waals surface area (Å²) < 4.78 is 0. The monoisotopic (exact) mass is 173 g/mol. The molecule has 0 unspecified atom stereocenters. The number of nitrogens with zero attached hydrogens (tertiary/aromatic N) is 2. The summed E-state index contributed by atoms with van der Waals surface area (Å²) in [6.45, 7) is 4.28. The lowest BCUT2D eigenvalue weighted by atomic mass is 10.3. The highest BCUT2D eigenvalue weighted by atomic mass is 15.1. The van der Waals surface area contributed by atoms with E-state index in [0.717, 1.165) is 19.5 Å². The Balaban J connectivity index is 3.13. The highest BCUT2D eigenvalue weighted by Gasteiger charge is 1.97. The first-order valence-electron chi connectivity index (χ1n) is 4.70. The topological polar surface area (TPSA) is 32.5 Å². The van der Waals surface area contributed by atoms with Crippen molar-refractivity contribution >= 4 is 0 Å². The van der Waals surface area contributed by atoms with Crippen LogP contribution < -0.4 is 5.73 Å². The van der Waals surface area contributed by atoms with Crippen molar-refractivity contribution in [1.29, 1.82) is 0 Å². The smallest absolute Gasteiger partial charge is 0.000959 e. The van der Waals surface area contributed by atoms with Crippen LogP contribution >= 0.6 is 0 Å². The van der Waals surface area contributed by atoms with Crippen LogP contribution in [0.1, 0.15) is 12.8 Å². The SMILES string of the molecule is CN(C)CCCN(C)CCCN. The molecule has 0 radical (unpaired) electrons. The minimum Gasteiger partial charge on any atom is -0.330 e. The number of rotatable bonds is 7. The fourth-order valence-corrected chi connectivity index (χ4v) is 1.13. The van der Waals surface area contributed by atoms with E-state index in [4.69, 9.17) is 5.73 Å². The quantitative estimate of drug-likeness (QED) is 0.598. The number of nitrogens with two attached hydrogens (primary N) is 1. The Morgan fingerprint density at radius 2 is 1.50 bits per heavy atom. The van der Waals surface area contributed by atoms with Crippen molar-refractivity contribution < 1.29 is 0 Å². The van der Waals surface area contributed by atoms with Gasteiger partial charge in [-0.1, -0.05) is 0 Å². The standard InChI is InChI=1S/C9H23N3/c1-11(2)7-5-9-12(3)8-4-6-10/h4-10H2,1-3H3. The third-order valence-corrected chi connectivity index (χ3v) is 1.89. The fraction of sp³-hybridized carbons (Fsp3) is 1.00. The van der Waals surface area contributed by atoms with Crippen LogP contribution in [0.15, 0.2) is 0 Å². The van der Waals surface area contributed by atoms with Crippen LogP contribution in [-0.4, -0.2) is 57.1 Å². The zero-order valence-electron chi connectivity index (χ0n) is 8.71. The molecule has 2 N–H and O–H groups in total. The summed E-state index contributed by atoms with van der Waals surface area (Å²) in [5.74, 6) is 0. The van der Waals surface area contributed by atoms with Gasteiger partial charge in [0.15, 0.2) is 0 Å². The van der Waals surface area contributed by atoms with Gasteiger partial charge in [-0.15, -0.1) is 0 Å². The third kappa shape index (κ3) is 7.98. The van der Waals surface area contributed by atoms with Crippen LogP contribution in [0.4, 0.5) is 0 Å². The molecule has 3 heteroatoms. The maximum atomic E-state index is 5.42. The molecule has 74 valence electrons. The first-order valence-corrected chi connectivity index (χ1v) is 4.70. The molecule has 0 atom stereocenters. The summed E-state index contributed by atoms with van der Waals surface area (Å²) in [7, 11) is 6.38. The Kier molecular flexibility index (Phi) is 7.45. The van der Waals surface area contributed by atoms with Crippen LogP contribution in [0.3, 0.4) is 0 Å². The second-order valence-corrected chi connectivity index (χ2v) is 3.60. The highest BCUT2D eigenvalue weighted by molar-refractivity contribution is 4.53. The summed E-state index contributed by atoms with van der Waals surface area (Å²) in [5.41, 5.74) is 5.42. The van der Waals surface area contributed by atoms with E-state index in [9.17, 15) is 0 Å². The van der Waals surface area contributed by atoms with Gasteiger partial charge in [0.25, 0.3) is 0 Å². The average Bonchev–Trinajstić information content (AvgIpc) is 2.00. The Bertz CT molecular complexity index is 93.8. The first kappa shape index (κ1) is 11.9. The van der Waals surface area contributed by atoms with E-state index in [1.807, 2.05) is 0 Å². The molecule has 12 heavy (non-hydrogen) atoms. The van der Waals surface area contributed by atoms with Gasteiger partial charge in [0.05, 0.1) is 0 Å². The zero-order valence-corrected chi connectivity index (χ0v) is 8.71. The van der Waals surface area contributed by atoms with Crippen LogP contribution in [0.5, 0.6) is 0 Å². The van der Waals surface area contributed by atoms with E-state index in [1.54, 1.807) is 0 Å². The van der Waals surface area contributed by atoms with Gasteiger partial charge >= 0.3 is 0 Å². The van der Waals surface area contributed by atoms with Gasteiger partial charge in [0, 0.05) is 0 Å². The van der Waals surface area contributed by atoms with E-state index >= 15 is 0 Å². The Morgan fingerprint density at radius 3 is 2.00 bits per heavy atom. The van der Waals surface area contributed by atoms with Gasteiger partial charge in [0.2, 0.25) is 0 Å². The lowest BCUT2D eigenvalue weighted by Gasteiger charge is -2.17. The molecule has 0 aromatic heterocycles. The van der Waals surface area contributed by atoms with Gasteiger partial charge in [-0.05, 0) is 60.2 Å². The van der Waals surface area contributed by atoms with Gasteiger partial charge in [0.1, 0.15) is 0 Å². The number of hydrogen-bond acceptors (Lipinski definition) is 3. The van der Waals surface area contributed by atoms with E-state index in [1.165, 1.54) is 19.5 Å². The largest absolute Gasteiger partial charge is 0.330 e. The molecule has 0 aliphatic heterocycles. The fourth-order valence-electron chi connectivity index (χ4n) is 1.13. The van der Waals surface area contributed by atoms with Crippen molar-refractivity contribution in [3.05, 3.63) is 0 Å². The molecular weight excluding hydrogens is 150 g/mol. The summed E-state index contributed by atoms with van der Waals surface area (Å²) in [6.07, 6.45) is 2.35. The molecule has 0 saturated heterocycles. The number of hydrogen-bond donors (Lipinski definition) is 1. The third-order valence-electron chi connectivity index (χ3n) is 1.89. The van der Waals surface area contributed by atoms with E-state index in [2.05, 4.69) is 30.9 Å². The van der Waals surface area contributed by atoms with E-state index < -0.39 is 0 Å². The summed E-state index contributed by atoms with van der Waals surface area (Å²) in [5, 5.41) is 0. The lowest BCUT2D eigenvalue weighted by Crippen LogP contribution is -2.25. The molecule has 0 aromatic rings. The van der Waals surface area contributed by atoms with Crippen molar-refractivity contribution in [3.8, 4) is 0 Å². The molecule has 0 heterocycles. The van der Waals surface area contributed by atoms with Crippen molar-refractivity contribution in [3.63, 3.8) is 0 Å². The minimum atomic E-state index is 0.804. The normalized spacial score (nSPS) is 11.5. The maximum Gasteiger partial charge on any atom is -0.000959 e. The lowest BCUT2D eigenvalue weighted by molar-refractivity contribution is 0.299. The first-order chi connectivity index (χ1) is 5.66. The van der Waals surface area contributed by atoms with Crippen LogP contribution in [-0.2, 0) is 0 Å². The second kappa shape index (κ2) is 7.53. The van der Waals surface area contributed by atoms with Crippen LogP contribution in [0.25, 0.3) is 0 Å². The van der Waals surface area contributed by atoms with Gasteiger partial charge < -0.3 is 15.5 Å². The molecule has 0 bridgehead atoms. The van der Waals surface area contributed by atoms with Crippen molar-refractivity contribution in [1.82, 2.24) is 9.80 Å². The van der Waals surface area contributed by atoms with Crippen molar-refractivity contribution in [2.75, 3.05) is 47.3 Å². The molecule has 0 saturated carbocycles. The van der Waals surface area contributed by atoms with E-state index in [-0.39, 0.29) is 0 Å². The zero-order chi connectivity index (χ0) is 9.40. The Labute approximate surface area is 76.5 Å². The molecule has 0 aliphatic carbocycles. The van der Waals surface area contributed by atoms with Gasteiger partial charge in [-0.25, -0.2) is 0 Å². The molecule has 0 amide bonds. The second-order valence-electron chi connectivity index (χ2n) is 3.60. The van der Waals surface area contributed by atoms with Crippen LogP contribution in [0.2, 0.25) is 0 Å². The molecule has 0 aromatic carbocycles. The predicted molar refractivity (Wildman–Crippen MR) is 54.3 cm³/mol. The highest BCUT2D eigenvalue weighted by Crippen LogP contribution is 1.90. The average molecular weight is 173 g/mol. The van der Waals surface area contributed by atoms with Crippen LogP contribution in [0, 0.1) is 0 Å². The minimum absolute atomic E-state index is 0.804. The van der Waals surface area contributed by atoms with E-state index in [0.29, 0.717) is 0 Å². The molecule has 3 nitrogen and oxygen atoms in total. The Hall–Kier alpha value is -0.120. The van der Waals surface area contributed by atoms with Crippen molar-refractivity contribution in [2.24, 2.45) is 5.73 Å². The molecular formula is C9H23N3. The maximum absolute atomic E-state index is 5.42. The summed E-state index contributed by atoms with van der Waals surface area (Å²) in [4.78, 5) is 4.56. The molecule has 0 fully saturated rings. The Morgan fingerprint density at radius 1 is 0.917 bits per heavy atom. The van der Waals surface area contributed by atoms with Gasteiger partial charge in [-0.3, -0.25) is 0 Å². The molecule has 0 rings (SSSR count).